The molecule has 16 heavy (non-hydrogen) atoms. The van der Waals surface area contributed by atoms with Crippen molar-refractivity contribution in [2.45, 2.75) is 19.1 Å². The number of carbonyl (C=O) groups excluding carboxylic acids is 1. The van der Waals surface area contributed by atoms with E-state index in [1.807, 2.05) is 0 Å². The predicted molar refractivity (Wildman–Crippen MR) is 51.7 cm³/mol. The van der Waals surface area contributed by atoms with E-state index in [0.717, 1.165) is 0 Å². The fourth-order valence-electron chi connectivity index (χ4n) is 0.976. The summed E-state index contributed by atoms with van der Waals surface area (Å²) in [4.78, 5) is 11.2. The molecule has 0 aromatic carbocycles. The summed E-state index contributed by atoms with van der Waals surface area (Å²) in [6.07, 6.45) is -3.24. The highest BCUT2D eigenvalue weighted by Crippen LogP contribution is 1.99. The van der Waals surface area contributed by atoms with Crippen LogP contribution in [0.3, 0.4) is 0 Å². The van der Waals surface area contributed by atoms with Gasteiger partial charge < -0.3 is 16.2 Å². The number of carbonyl (C=O) groups is 1. The zero-order chi connectivity index (χ0) is 12.1. The second kappa shape index (κ2) is 5.40. The van der Waals surface area contributed by atoms with E-state index in [4.69, 9.17) is 10.8 Å². The summed E-state index contributed by atoms with van der Waals surface area (Å²) in [7, 11) is 0. The van der Waals surface area contributed by atoms with Gasteiger partial charge in [-0.05, 0) is 6.07 Å². The van der Waals surface area contributed by atoms with Crippen LogP contribution in [0.5, 0.6) is 0 Å². The Morgan fingerprint density at radius 2 is 2.38 bits per heavy atom. The number of amides is 1. The van der Waals surface area contributed by atoms with Crippen molar-refractivity contribution in [2.75, 3.05) is 12.3 Å². The first kappa shape index (κ1) is 12.4. The maximum absolute atomic E-state index is 11.9. The lowest BCUT2D eigenvalue weighted by Crippen LogP contribution is -2.37. The Bertz CT molecular complexity index is 356. The van der Waals surface area contributed by atoms with Crippen molar-refractivity contribution in [3.63, 3.8) is 0 Å². The van der Waals surface area contributed by atoms with Gasteiger partial charge in [0.05, 0.1) is 0 Å². The third-order valence-corrected chi connectivity index (χ3v) is 1.77. The monoisotopic (exact) mass is 234 g/mol. The van der Waals surface area contributed by atoms with Gasteiger partial charge in [0.2, 0.25) is 5.91 Å². The van der Waals surface area contributed by atoms with Crippen molar-refractivity contribution in [3.05, 3.63) is 12.3 Å². The van der Waals surface area contributed by atoms with Gasteiger partial charge in [0, 0.05) is 12.7 Å². The molecule has 4 N–H and O–H groups in total. The third-order valence-electron chi connectivity index (χ3n) is 1.77. The number of nitrogens with two attached hydrogens (primary N) is 1. The molecule has 0 saturated carbocycles. The number of alkyl halides is 2. The Morgan fingerprint density at radius 3 is 2.88 bits per heavy atom. The minimum absolute atomic E-state index is 0.132. The summed E-state index contributed by atoms with van der Waals surface area (Å²) in [5.41, 5.74) is 5.31. The summed E-state index contributed by atoms with van der Waals surface area (Å²) in [6, 6.07) is 1.50. The van der Waals surface area contributed by atoms with Gasteiger partial charge in [-0.3, -0.25) is 9.48 Å². The molecule has 0 aliphatic carbocycles. The van der Waals surface area contributed by atoms with E-state index in [2.05, 4.69) is 10.4 Å². The molecule has 1 atom stereocenters. The zero-order valence-corrected chi connectivity index (χ0v) is 8.31. The minimum Gasteiger partial charge on any atom is -0.385 e. The van der Waals surface area contributed by atoms with Crippen molar-refractivity contribution in [1.82, 2.24) is 15.1 Å². The molecule has 1 aromatic rings. The van der Waals surface area contributed by atoms with Crippen LogP contribution in [0.1, 0.15) is 0 Å². The van der Waals surface area contributed by atoms with Gasteiger partial charge in [0.15, 0.2) is 0 Å². The van der Waals surface area contributed by atoms with E-state index in [-0.39, 0.29) is 12.4 Å². The average Bonchev–Trinajstić information content (AvgIpc) is 2.60. The standard InChI is InChI=1S/C8H12F2N4O2/c9-8(10)5(15)3-12-7(16)4-14-2-1-6(11)13-14/h1-2,5,8,15H,3-4H2,(H2,11,13)(H,12,16). The van der Waals surface area contributed by atoms with Crippen LogP contribution < -0.4 is 11.1 Å². The number of aliphatic hydroxyl groups excluding tert-OH is 1. The second-order valence-corrected chi connectivity index (χ2v) is 3.14. The summed E-state index contributed by atoms with van der Waals surface area (Å²) >= 11 is 0. The van der Waals surface area contributed by atoms with Gasteiger partial charge in [-0.25, -0.2) is 8.78 Å². The predicted octanol–water partition coefficient (Wildman–Crippen LogP) is -0.792. The number of aromatic nitrogens is 2. The summed E-state index contributed by atoms with van der Waals surface area (Å²) in [5, 5.41) is 14.6. The van der Waals surface area contributed by atoms with E-state index in [9.17, 15) is 13.6 Å². The van der Waals surface area contributed by atoms with Crippen LogP contribution in [0.4, 0.5) is 14.6 Å². The number of hydrogen-bond donors (Lipinski definition) is 3. The Labute approximate surface area is 90.0 Å². The van der Waals surface area contributed by atoms with E-state index in [1.165, 1.54) is 16.9 Å². The first-order valence-corrected chi connectivity index (χ1v) is 4.51. The molecule has 1 amide bonds. The molecular formula is C8H12F2N4O2. The number of rotatable bonds is 5. The fraction of sp³-hybridized carbons (Fsp3) is 0.500. The summed E-state index contributed by atoms with van der Waals surface area (Å²) in [6.45, 7) is -0.625. The molecule has 0 radical (unpaired) electrons. The number of nitrogens with zero attached hydrogens (tertiary/aromatic N) is 2. The topological polar surface area (TPSA) is 93.2 Å². The first-order chi connectivity index (χ1) is 7.49. The molecule has 1 heterocycles. The van der Waals surface area contributed by atoms with Crippen molar-refractivity contribution in [3.8, 4) is 0 Å². The van der Waals surface area contributed by atoms with Crippen molar-refractivity contribution < 1.29 is 18.7 Å². The lowest BCUT2D eigenvalue weighted by atomic mass is 10.3. The molecule has 90 valence electrons. The van der Waals surface area contributed by atoms with Gasteiger partial charge in [-0.15, -0.1) is 0 Å². The quantitative estimate of drug-likeness (QED) is 0.622. The second-order valence-electron chi connectivity index (χ2n) is 3.14. The van der Waals surface area contributed by atoms with E-state index in [1.54, 1.807) is 0 Å². The van der Waals surface area contributed by atoms with Gasteiger partial charge in [-0.2, -0.15) is 5.10 Å². The SMILES string of the molecule is Nc1ccn(CC(=O)NCC(O)C(F)F)n1. The Balaban J connectivity index is 2.31. The van der Waals surface area contributed by atoms with Gasteiger partial charge >= 0.3 is 0 Å². The number of nitrogen functional groups attached to an aromatic ring is 1. The molecule has 1 rings (SSSR count). The van der Waals surface area contributed by atoms with E-state index in [0.29, 0.717) is 0 Å². The lowest BCUT2D eigenvalue weighted by molar-refractivity contribution is -0.122. The number of hydrogen-bond acceptors (Lipinski definition) is 4. The molecule has 1 unspecified atom stereocenters. The molecular weight excluding hydrogens is 222 g/mol. The number of nitrogens with one attached hydrogen (secondary N) is 1. The van der Waals surface area contributed by atoms with Crippen molar-refractivity contribution >= 4 is 11.7 Å². The van der Waals surface area contributed by atoms with Crippen LogP contribution in [0, 0.1) is 0 Å². The van der Waals surface area contributed by atoms with Crippen LogP contribution >= 0.6 is 0 Å². The molecule has 0 fully saturated rings. The van der Waals surface area contributed by atoms with Crippen LogP contribution in [-0.4, -0.2) is 39.9 Å². The molecule has 6 nitrogen and oxygen atoms in total. The first-order valence-electron chi connectivity index (χ1n) is 4.51. The Hall–Kier alpha value is -1.70. The highest BCUT2D eigenvalue weighted by Gasteiger charge is 2.17. The number of halogens is 2. The number of anilines is 1. The smallest absolute Gasteiger partial charge is 0.265 e. The van der Waals surface area contributed by atoms with Crippen LogP contribution in [0.2, 0.25) is 0 Å². The van der Waals surface area contributed by atoms with E-state index < -0.39 is 25.0 Å². The van der Waals surface area contributed by atoms with Gasteiger partial charge in [-0.1, -0.05) is 0 Å². The highest BCUT2D eigenvalue weighted by molar-refractivity contribution is 5.75. The Kier molecular flexibility index (Phi) is 4.18. The summed E-state index contributed by atoms with van der Waals surface area (Å²) < 4.78 is 25.0. The zero-order valence-electron chi connectivity index (χ0n) is 8.31. The Morgan fingerprint density at radius 1 is 1.69 bits per heavy atom. The van der Waals surface area contributed by atoms with Gasteiger partial charge in [0.1, 0.15) is 18.5 Å². The summed E-state index contributed by atoms with van der Waals surface area (Å²) in [5.74, 6) is -0.261. The highest BCUT2D eigenvalue weighted by atomic mass is 19.3. The molecule has 0 aliphatic rings. The third kappa shape index (κ3) is 3.81. The number of aliphatic hydroxyl groups is 1. The van der Waals surface area contributed by atoms with Crippen LogP contribution in [0.15, 0.2) is 12.3 Å². The van der Waals surface area contributed by atoms with E-state index >= 15 is 0 Å². The van der Waals surface area contributed by atoms with Crippen LogP contribution in [-0.2, 0) is 11.3 Å². The van der Waals surface area contributed by atoms with Crippen LogP contribution in [0.25, 0.3) is 0 Å². The minimum atomic E-state index is -2.87. The molecule has 0 aliphatic heterocycles. The maximum Gasteiger partial charge on any atom is 0.265 e. The average molecular weight is 234 g/mol. The molecule has 1 aromatic heterocycles. The molecule has 0 saturated heterocycles. The largest absolute Gasteiger partial charge is 0.385 e. The molecule has 0 spiro atoms. The van der Waals surface area contributed by atoms with Gasteiger partial charge in [0.25, 0.3) is 6.43 Å². The van der Waals surface area contributed by atoms with Crippen molar-refractivity contribution in [1.29, 1.82) is 0 Å². The molecule has 0 bridgehead atoms. The van der Waals surface area contributed by atoms with Crippen molar-refractivity contribution in [2.24, 2.45) is 0 Å². The maximum atomic E-state index is 11.9. The molecule has 8 heteroatoms. The fourth-order valence-corrected chi connectivity index (χ4v) is 0.976. The normalized spacial score (nSPS) is 12.8. The lowest BCUT2D eigenvalue weighted by Gasteiger charge is -2.10.